The Morgan fingerprint density at radius 2 is 1.96 bits per heavy atom. The summed E-state index contributed by atoms with van der Waals surface area (Å²) in [6.07, 6.45) is -0.307. The average molecular weight is 345 g/mol. The first kappa shape index (κ1) is 18.9. The molecule has 1 rings (SSSR count). The molecule has 1 aromatic rings. The largest absolute Gasteiger partial charge is 0.496 e. The van der Waals surface area contributed by atoms with Gasteiger partial charge < -0.3 is 14.8 Å². The summed E-state index contributed by atoms with van der Waals surface area (Å²) in [5, 5.41) is 2.40. The number of carbonyl (C=O) groups is 2. The molecule has 8 nitrogen and oxygen atoms in total. The minimum atomic E-state index is -4.26. The second-order valence-electron chi connectivity index (χ2n) is 4.55. The second-order valence-corrected chi connectivity index (χ2v) is 6.13. The van der Waals surface area contributed by atoms with Gasteiger partial charge in [-0.25, -0.2) is 4.79 Å². The topological polar surface area (TPSA) is 119 Å². The van der Waals surface area contributed by atoms with Crippen molar-refractivity contribution in [2.24, 2.45) is 0 Å². The van der Waals surface area contributed by atoms with Crippen LogP contribution in [0.4, 0.5) is 0 Å². The van der Waals surface area contributed by atoms with Crippen molar-refractivity contribution in [1.29, 1.82) is 0 Å². The van der Waals surface area contributed by atoms with Gasteiger partial charge in [0.1, 0.15) is 11.8 Å². The smallest absolute Gasteiger partial charge is 0.328 e. The third-order valence-electron chi connectivity index (χ3n) is 2.89. The molecule has 0 unspecified atom stereocenters. The first-order valence-electron chi connectivity index (χ1n) is 6.84. The molecule has 0 aliphatic carbocycles. The number of carbonyl (C=O) groups excluding carboxylic acids is 2. The number of ether oxygens (including phenoxy) is 2. The second kappa shape index (κ2) is 8.49. The van der Waals surface area contributed by atoms with Gasteiger partial charge in [0, 0.05) is 0 Å². The van der Waals surface area contributed by atoms with Crippen LogP contribution in [0.15, 0.2) is 24.3 Å². The molecule has 0 saturated heterocycles. The van der Waals surface area contributed by atoms with Crippen LogP contribution in [-0.2, 0) is 19.6 Å². The van der Waals surface area contributed by atoms with E-state index < -0.39 is 33.8 Å². The number of esters is 1. The van der Waals surface area contributed by atoms with E-state index in [1.165, 1.54) is 13.2 Å². The van der Waals surface area contributed by atoms with E-state index in [4.69, 9.17) is 14.0 Å². The summed E-state index contributed by atoms with van der Waals surface area (Å²) < 4.78 is 40.3. The molecule has 128 valence electrons. The van der Waals surface area contributed by atoms with Crippen molar-refractivity contribution in [1.82, 2.24) is 5.32 Å². The molecule has 1 amide bonds. The van der Waals surface area contributed by atoms with Crippen LogP contribution in [0, 0.1) is 0 Å². The standard InChI is InChI=1S/C14H19NO7S/c1-3-22-14(17)11(8-9-23(18,19)20)15-13(16)10-6-4-5-7-12(10)21-2/h4-7,11H,3,8-9H2,1-2H3,(H,15,16)(H,18,19,20)/t11-/m0/s1. The van der Waals surface area contributed by atoms with Crippen molar-refractivity contribution >= 4 is 22.0 Å². The Morgan fingerprint density at radius 3 is 2.52 bits per heavy atom. The molecular formula is C14H19NO7S. The molecule has 0 heterocycles. The van der Waals surface area contributed by atoms with Gasteiger partial charge in [-0.05, 0) is 25.5 Å². The van der Waals surface area contributed by atoms with Gasteiger partial charge in [0.05, 0.1) is 25.0 Å². The lowest BCUT2D eigenvalue weighted by Crippen LogP contribution is -2.43. The molecule has 9 heteroatoms. The maximum atomic E-state index is 12.3. The number of rotatable bonds is 8. The molecule has 0 radical (unpaired) electrons. The van der Waals surface area contributed by atoms with Gasteiger partial charge in [0.15, 0.2) is 0 Å². The third kappa shape index (κ3) is 6.25. The number of methoxy groups -OCH3 is 1. The fourth-order valence-corrected chi connectivity index (χ4v) is 2.36. The quantitative estimate of drug-likeness (QED) is 0.524. The van der Waals surface area contributed by atoms with E-state index in [1.807, 2.05) is 0 Å². The van der Waals surface area contributed by atoms with Crippen LogP contribution in [0.25, 0.3) is 0 Å². The van der Waals surface area contributed by atoms with Gasteiger partial charge in [-0.15, -0.1) is 0 Å². The fourth-order valence-electron chi connectivity index (χ4n) is 1.83. The Morgan fingerprint density at radius 1 is 1.30 bits per heavy atom. The van der Waals surface area contributed by atoms with Crippen molar-refractivity contribution in [2.75, 3.05) is 19.5 Å². The lowest BCUT2D eigenvalue weighted by molar-refractivity contribution is -0.145. The number of hydrogen-bond donors (Lipinski definition) is 2. The minimum absolute atomic E-state index is 0.0751. The lowest BCUT2D eigenvalue weighted by atomic mass is 10.1. The van der Waals surface area contributed by atoms with Crippen LogP contribution in [0.3, 0.4) is 0 Å². The van der Waals surface area contributed by atoms with E-state index in [9.17, 15) is 18.0 Å². The van der Waals surface area contributed by atoms with Crippen LogP contribution in [0.1, 0.15) is 23.7 Å². The van der Waals surface area contributed by atoms with Crippen LogP contribution < -0.4 is 10.1 Å². The van der Waals surface area contributed by atoms with Crippen LogP contribution in [0.5, 0.6) is 5.75 Å². The van der Waals surface area contributed by atoms with Gasteiger partial charge in [0.25, 0.3) is 16.0 Å². The first-order valence-corrected chi connectivity index (χ1v) is 8.45. The molecular weight excluding hydrogens is 326 g/mol. The Balaban J connectivity index is 2.90. The molecule has 0 saturated carbocycles. The Hall–Kier alpha value is -2.13. The Labute approximate surface area is 134 Å². The van der Waals surface area contributed by atoms with Gasteiger partial charge in [-0.3, -0.25) is 9.35 Å². The van der Waals surface area contributed by atoms with Crippen molar-refractivity contribution in [3.05, 3.63) is 29.8 Å². The minimum Gasteiger partial charge on any atom is -0.496 e. The maximum Gasteiger partial charge on any atom is 0.328 e. The Kier molecular flexibility index (Phi) is 6.98. The molecule has 2 N–H and O–H groups in total. The maximum absolute atomic E-state index is 12.3. The molecule has 0 bridgehead atoms. The summed E-state index contributed by atoms with van der Waals surface area (Å²) in [4.78, 5) is 24.1. The van der Waals surface area contributed by atoms with Crippen molar-refractivity contribution in [2.45, 2.75) is 19.4 Å². The van der Waals surface area contributed by atoms with Crippen LogP contribution in [-0.4, -0.2) is 50.4 Å². The van der Waals surface area contributed by atoms with E-state index in [-0.39, 0.29) is 18.6 Å². The van der Waals surface area contributed by atoms with E-state index in [0.717, 1.165) is 0 Å². The summed E-state index contributed by atoms with van der Waals surface area (Å²) in [5.41, 5.74) is 0.191. The highest BCUT2D eigenvalue weighted by Gasteiger charge is 2.25. The van der Waals surface area contributed by atoms with Crippen molar-refractivity contribution in [3.63, 3.8) is 0 Å². The lowest BCUT2D eigenvalue weighted by Gasteiger charge is -2.17. The van der Waals surface area contributed by atoms with Crippen LogP contribution in [0.2, 0.25) is 0 Å². The molecule has 0 spiro atoms. The number of para-hydroxylation sites is 1. The highest BCUT2D eigenvalue weighted by molar-refractivity contribution is 7.85. The Bertz CT molecular complexity index is 657. The van der Waals surface area contributed by atoms with E-state index >= 15 is 0 Å². The SMILES string of the molecule is CCOC(=O)[C@H](CCS(=O)(=O)O)NC(=O)c1ccccc1OC. The number of nitrogens with one attached hydrogen (secondary N) is 1. The predicted molar refractivity (Wildman–Crippen MR) is 81.9 cm³/mol. The zero-order valence-electron chi connectivity index (χ0n) is 12.8. The summed E-state index contributed by atoms with van der Waals surface area (Å²) >= 11 is 0. The highest BCUT2D eigenvalue weighted by Crippen LogP contribution is 2.17. The first-order chi connectivity index (χ1) is 10.8. The molecule has 0 aromatic heterocycles. The van der Waals surface area contributed by atoms with E-state index in [0.29, 0.717) is 5.75 Å². The van der Waals surface area contributed by atoms with Crippen LogP contribution >= 0.6 is 0 Å². The van der Waals surface area contributed by atoms with Gasteiger partial charge in [-0.2, -0.15) is 8.42 Å². The monoisotopic (exact) mass is 345 g/mol. The molecule has 1 atom stereocenters. The van der Waals surface area contributed by atoms with Gasteiger partial charge in [-0.1, -0.05) is 12.1 Å². The third-order valence-corrected chi connectivity index (χ3v) is 3.64. The van der Waals surface area contributed by atoms with Crippen molar-refractivity contribution in [3.8, 4) is 5.75 Å². The molecule has 0 aliphatic rings. The zero-order chi connectivity index (χ0) is 17.5. The number of amides is 1. The fraction of sp³-hybridized carbons (Fsp3) is 0.429. The van der Waals surface area contributed by atoms with Gasteiger partial charge in [0.2, 0.25) is 0 Å². The summed E-state index contributed by atoms with van der Waals surface area (Å²) in [6.45, 7) is 1.66. The summed E-state index contributed by atoms with van der Waals surface area (Å²) in [6, 6.07) is 5.17. The van der Waals surface area contributed by atoms with Gasteiger partial charge >= 0.3 is 5.97 Å². The van der Waals surface area contributed by atoms with Crippen molar-refractivity contribution < 1.29 is 32.0 Å². The molecule has 1 aromatic carbocycles. The average Bonchev–Trinajstić information content (AvgIpc) is 2.50. The zero-order valence-corrected chi connectivity index (χ0v) is 13.6. The normalized spacial score (nSPS) is 12.3. The number of benzene rings is 1. The predicted octanol–water partition coefficient (Wildman–Crippen LogP) is 0.635. The van der Waals surface area contributed by atoms with E-state index in [2.05, 4.69) is 5.32 Å². The number of hydrogen-bond acceptors (Lipinski definition) is 6. The molecule has 0 aliphatic heterocycles. The summed E-state index contributed by atoms with van der Waals surface area (Å²) in [7, 11) is -2.87. The highest BCUT2D eigenvalue weighted by atomic mass is 32.2. The molecule has 23 heavy (non-hydrogen) atoms. The summed E-state index contributed by atoms with van der Waals surface area (Å²) in [5.74, 6) is -1.76. The van der Waals surface area contributed by atoms with E-state index in [1.54, 1.807) is 25.1 Å². The molecule has 0 fully saturated rings.